The van der Waals surface area contributed by atoms with Gasteiger partial charge >= 0.3 is 5.69 Å². The molecule has 0 spiro atoms. The number of carbonyl (C=O) groups excluding carboxylic acids is 1. The summed E-state index contributed by atoms with van der Waals surface area (Å²) >= 11 is 0. The molecule has 0 saturated heterocycles. The second-order valence-corrected chi connectivity index (χ2v) is 5.86. The molecular formula is C18H17N3O5. The van der Waals surface area contributed by atoms with E-state index in [1.807, 2.05) is 6.07 Å². The lowest BCUT2D eigenvalue weighted by molar-refractivity contribution is 0.0968. The third-order valence-electron chi connectivity index (χ3n) is 4.45. The van der Waals surface area contributed by atoms with Crippen molar-refractivity contribution in [1.82, 2.24) is 9.13 Å². The van der Waals surface area contributed by atoms with Gasteiger partial charge in [-0.05, 0) is 31.0 Å². The van der Waals surface area contributed by atoms with E-state index in [4.69, 9.17) is 9.47 Å². The monoisotopic (exact) mass is 355 g/mol. The summed E-state index contributed by atoms with van der Waals surface area (Å²) in [6.07, 6.45) is 1.20. The molecule has 3 rings (SSSR count). The van der Waals surface area contributed by atoms with Gasteiger partial charge in [-0.3, -0.25) is 18.7 Å². The van der Waals surface area contributed by atoms with Crippen LogP contribution in [0.25, 0.3) is 0 Å². The fraction of sp³-hybridized carbons (Fsp3) is 0.333. The Morgan fingerprint density at radius 3 is 2.62 bits per heavy atom. The van der Waals surface area contributed by atoms with E-state index < -0.39 is 23.6 Å². The van der Waals surface area contributed by atoms with Gasteiger partial charge in [-0.25, -0.2) is 4.79 Å². The maximum absolute atomic E-state index is 12.6. The number of rotatable bonds is 5. The van der Waals surface area contributed by atoms with E-state index in [2.05, 4.69) is 0 Å². The number of carbonyl (C=O) groups is 1. The summed E-state index contributed by atoms with van der Waals surface area (Å²) < 4.78 is 12.5. The van der Waals surface area contributed by atoms with Crippen LogP contribution in [0.3, 0.4) is 0 Å². The Bertz CT molecular complexity index is 1040. The molecule has 1 aromatic carbocycles. The summed E-state index contributed by atoms with van der Waals surface area (Å²) in [6.45, 7) is -0.00418. The minimum Gasteiger partial charge on any atom is -0.493 e. The minimum atomic E-state index is -0.723. The average Bonchev–Trinajstić information content (AvgIpc) is 3.14. The predicted octanol–water partition coefficient (Wildman–Crippen LogP) is 0.728. The van der Waals surface area contributed by atoms with Crippen molar-refractivity contribution in [3.05, 3.63) is 55.9 Å². The van der Waals surface area contributed by atoms with Crippen LogP contribution in [-0.4, -0.2) is 29.1 Å². The molecule has 26 heavy (non-hydrogen) atoms. The van der Waals surface area contributed by atoms with Crippen LogP contribution in [0, 0.1) is 11.3 Å². The maximum Gasteiger partial charge on any atom is 0.331 e. The highest BCUT2D eigenvalue weighted by Gasteiger charge is 2.24. The molecule has 2 aromatic rings. The molecule has 0 radical (unpaired) electrons. The van der Waals surface area contributed by atoms with E-state index in [1.165, 1.54) is 30.9 Å². The second kappa shape index (κ2) is 6.88. The fourth-order valence-electron chi connectivity index (χ4n) is 3.13. The highest BCUT2D eigenvalue weighted by molar-refractivity contribution is 5.96. The molecule has 0 aliphatic carbocycles. The first-order chi connectivity index (χ1) is 12.5. The molecule has 2 heterocycles. The van der Waals surface area contributed by atoms with E-state index in [-0.39, 0.29) is 11.1 Å². The van der Waals surface area contributed by atoms with Crippen LogP contribution in [0.4, 0.5) is 0 Å². The van der Waals surface area contributed by atoms with Crippen molar-refractivity contribution in [2.45, 2.75) is 25.9 Å². The Morgan fingerprint density at radius 2 is 1.96 bits per heavy atom. The molecule has 1 aliphatic heterocycles. The molecule has 0 saturated carbocycles. The van der Waals surface area contributed by atoms with Gasteiger partial charge in [-0.1, -0.05) is 0 Å². The number of nitrogens with zero attached hydrogens (tertiary/aromatic N) is 3. The molecular weight excluding hydrogens is 338 g/mol. The molecule has 134 valence electrons. The van der Waals surface area contributed by atoms with E-state index in [0.29, 0.717) is 36.6 Å². The summed E-state index contributed by atoms with van der Waals surface area (Å²) in [6, 6.07) is 6.46. The number of benzene rings is 1. The van der Waals surface area contributed by atoms with Gasteiger partial charge in [0.2, 0.25) is 0 Å². The largest absolute Gasteiger partial charge is 0.493 e. The van der Waals surface area contributed by atoms with Crippen LogP contribution >= 0.6 is 0 Å². The predicted molar refractivity (Wildman–Crippen MR) is 91.9 cm³/mol. The number of ether oxygens (including phenoxy) is 2. The fourth-order valence-corrected chi connectivity index (χ4v) is 3.13. The van der Waals surface area contributed by atoms with Gasteiger partial charge in [0.25, 0.3) is 5.56 Å². The molecule has 1 aliphatic rings. The summed E-state index contributed by atoms with van der Waals surface area (Å²) in [4.78, 5) is 37.7. The van der Waals surface area contributed by atoms with Gasteiger partial charge in [-0.15, -0.1) is 0 Å². The van der Waals surface area contributed by atoms with Crippen molar-refractivity contribution in [1.29, 1.82) is 5.26 Å². The van der Waals surface area contributed by atoms with Crippen molar-refractivity contribution in [2.24, 2.45) is 0 Å². The first-order valence-electron chi connectivity index (χ1n) is 8.03. The van der Waals surface area contributed by atoms with Crippen LogP contribution in [0.1, 0.15) is 28.0 Å². The van der Waals surface area contributed by atoms with Crippen LogP contribution in [-0.2, 0) is 19.5 Å². The number of hydrogen-bond donors (Lipinski definition) is 0. The summed E-state index contributed by atoms with van der Waals surface area (Å²) in [5.74, 6) is 0.396. The van der Waals surface area contributed by atoms with Gasteiger partial charge in [0.05, 0.1) is 20.8 Å². The van der Waals surface area contributed by atoms with Crippen LogP contribution in [0.15, 0.2) is 27.8 Å². The SMILES string of the molecule is COc1ccc(C(=O)Cn2c(=O)c(C#N)c3n(c2=O)CCC3)cc1OC. The van der Waals surface area contributed by atoms with Crippen LogP contribution < -0.4 is 20.7 Å². The van der Waals surface area contributed by atoms with E-state index in [9.17, 15) is 19.6 Å². The van der Waals surface area contributed by atoms with E-state index >= 15 is 0 Å². The zero-order valence-electron chi connectivity index (χ0n) is 14.4. The number of ketones is 1. The lowest BCUT2D eigenvalue weighted by atomic mass is 10.1. The van der Waals surface area contributed by atoms with Crippen molar-refractivity contribution in [3.8, 4) is 17.6 Å². The Hall–Kier alpha value is -3.34. The third kappa shape index (κ3) is 2.77. The van der Waals surface area contributed by atoms with Gasteiger partial charge in [0.15, 0.2) is 17.3 Å². The summed E-state index contributed by atoms with van der Waals surface area (Å²) in [5.41, 5.74) is -0.618. The zero-order valence-corrected chi connectivity index (χ0v) is 14.4. The molecule has 0 atom stereocenters. The summed E-state index contributed by atoms with van der Waals surface area (Å²) in [7, 11) is 2.93. The average molecular weight is 355 g/mol. The number of nitriles is 1. The molecule has 0 amide bonds. The van der Waals surface area contributed by atoms with Crippen molar-refractivity contribution < 1.29 is 14.3 Å². The van der Waals surface area contributed by atoms with Gasteiger partial charge < -0.3 is 9.47 Å². The van der Waals surface area contributed by atoms with Crippen LogP contribution in [0.2, 0.25) is 0 Å². The summed E-state index contributed by atoms with van der Waals surface area (Å²) in [5, 5.41) is 9.28. The van der Waals surface area contributed by atoms with Crippen molar-refractivity contribution in [2.75, 3.05) is 14.2 Å². The Labute approximate surface area is 148 Å². The number of methoxy groups -OCH3 is 2. The Kier molecular flexibility index (Phi) is 4.63. The van der Waals surface area contributed by atoms with Gasteiger partial charge in [0, 0.05) is 17.8 Å². The highest BCUT2D eigenvalue weighted by atomic mass is 16.5. The first kappa shape index (κ1) is 17.5. The maximum atomic E-state index is 12.6. The number of Topliss-reactive ketones (excluding diaryl/α,β-unsaturated/α-hetero) is 1. The third-order valence-corrected chi connectivity index (χ3v) is 4.45. The Balaban J connectivity index is 2.03. The van der Waals surface area contributed by atoms with Gasteiger partial charge in [0.1, 0.15) is 11.6 Å². The number of fused-ring (bicyclic) bond motifs is 1. The van der Waals surface area contributed by atoms with Crippen LogP contribution in [0.5, 0.6) is 11.5 Å². The second-order valence-electron chi connectivity index (χ2n) is 5.86. The quantitative estimate of drug-likeness (QED) is 0.733. The van der Waals surface area contributed by atoms with E-state index in [1.54, 1.807) is 6.07 Å². The lowest BCUT2D eigenvalue weighted by Gasteiger charge is -2.12. The molecule has 8 nitrogen and oxygen atoms in total. The van der Waals surface area contributed by atoms with Crippen molar-refractivity contribution >= 4 is 5.78 Å². The number of hydrogen-bond acceptors (Lipinski definition) is 6. The lowest BCUT2D eigenvalue weighted by Crippen LogP contribution is -2.43. The van der Waals surface area contributed by atoms with E-state index in [0.717, 1.165) is 4.57 Å². The molecule has 0 unspecified atom stereocenters. The molecule has 8 heteroatoms. The number of aromatic nitrogens is 2. The van der Waals surface area contributed by atoms with Crippen molar-refractivity contribution in [3.63, 3.8) is 0 Å². The molecule has 0 bridgehead atoms. The smallest absolute Gasteiger partial charge is 0.331 e. The molecule has 1 aromatic heterocycles. The zero-order chi connectivity index (χ0) is 18.8. The Morgan fingerprint density at radius 1 is 1.23 bits per heavy atom. The normalized spacial score (nSPS) is 12.3. The minimum absolute atomic E-state index is 0.0674. The molecule has 0 N–H and O–H groups in total. The standard InChI is InChI=1S/C18H17N3O5/c1-25-15-6-5-11(8-16(15)26-2)14(22)10-21-17(23)12(9-19)13-4-3-7-20(13)18(21)24/h5-6,8H,3-4,7,10H2,1-2H3. The topological polar surface area (TPSA) is 103 Å². The van der Waals surface area contributed by atoms with Gasteiger partial charge in [-0.2, -0.15) is 5.26 Å². The highest BCUT2D eigenvalue weighted by Crippen LogP contribution is 2.27. The first-order valence-corrected chi connectivity index (χ1v) is 8.03. The molecule has 0 fully saturated rings.